The summed E-state index contributed by atoms with van der Waals surface area (Å²) >= 11 is 1.19. The Morgan fingerprint density at radius 1 is 1.15 bits per heavy atom. The maximum Gasteiger partial charge on any atom is 0.321 e. The van der Waals surface area contributed by atoms with Gasteiger partial charge < -0.3 is 10.2 Å². The summed E-state index contributed by atoms with van der Waals surface area (Å²) in [5, 5.41) is 4.68. The molecule has 2 N–H and O–H groups in total. The number of aromatic nitrogens is 1. The number of sulfonamides is 1. The highest BCUT2D eigenvalue weighted by atomic mass is 32.2. The lowest BCUT2D eigenvalue weighted by Gasteiger charge is -2.18. The Labute approximate surface area is 161 Å². The van der Waals surface area contributed by atoms with E-state index in [4.69, 9.17) is 0 Å². The molecule has 0 unspecified atom stereocenters. The van der Waals surface area contributed by atoms with Crippen molar-refractivity contribution in [2.45, 2.75) is 11.4 Å². The lowest BCUT2D eigenvalue weighted by Crippen LogP contribution is -2.30. The predicted octanol–water partition coefficient (Wildman–Crippen LogP) is 3.61. The molecule has 0 aliphatic heterocycles. The Kier molecular flexibility index (Phi) is 5.72. The molecule has 0 aliphatic carbocycles. The summed E-state index contributed by atoms with van der Waals surface area (Å²) < 4.78 is 27.3. The quantitative estimate of drug-likeness (QED) is 0.659. The van der Waals surface area contributed by atoms with E-state index in [9.17, 15) is 13.2 Å². The molecule has 3 rings (SSSR count). The van der Waals surface area contributed by atoms with Crippen LogP contribution in [0.3, 0.4) is 0 Å². The van der Waals surface area contributed by atoms with Gasteiger partial charge in [-0.25, -0.2) is 18.2 Å². The van der Waals surface area contributed by atoms with Gasteiger partial charge in [0.05, 0.1) is 4.90 Å². The first-order valence-electron chi connectivity index (χ1n) is 8.02. The minimum absolute atomic E-state index is 0.0428. The number of rotatable bonds is 6. The van der Waals surface area contributed by atoms with Crippen molar-refractivity contribution in [1.82, 2.24) is 9.88 Å². The van der Waals surface area contributed by atoms with E-state index < -0.39 is 10.0 Å². The van der Waals surface area contributed by atoms with E-state index in [-0.39, 0.29) is 16.1 Å². The second kappa shape index (κ2) is 8.19. The number of carbonyl (C=O) groups is 1. The molecule has 3 aromatic rings. The molecule has 1 heterocycles. The molecule has 0 saturated carbocycles. The fourth-order valence-electron chi connectivity index (χ4n) is 2.34. The molecular formula is C18H18N4O3S2. The number of hydrogen-bond donors (Lipinski definition) is 2. The summed E-state index contributed by atoms with van der Waals surface area (Å²) in [6.07, 6.45) is 1.52. The van der Waals surface area contributed by atoms with Gasteiger partial charge in [0.25, 0.3) is 10.0 Å². The van der Waals surface area contributed by atoms with Crippen LogP contribution in [0, 0.1) is 0 Å². The molecule has 140 valence electrons. The van der Waals surface area contributed by atoms with Crippen molar-refractivity contribution in [1.29, 1.82) is 0 Å². The van der Waals surface area contributed by atoms with E-state index in [0.717, 1.165) is 5.56 Å². The summed E-state index contributed by atoms with van der Waals surface area (Å²) in [5.41, 5.74) is 1.39. The molecule has 0 bridgehead atoms. The molecule has 0 saturated heterocycles. The van der Waals surface area contributed by atoms with Gasteiger partial charge in [0.15, 0.2) is 5.13 Å². The van der Waals surface area contributed by atoms with Crippen LogP contribution in [-0.4, -0.2) is 31.4 Å². The molecule has 2 aromatic carbocycles. The monoisotopic (exact) mass is 402 g/mol. The van der Waals surface area contributed by atoms with Gasteiger partial charge in [-0.05, 0) is 23.8 Å². The number of nitrogens with zero attached hydrogens (tertiary/aromatic N) is 2. The molecule has 0 radical (unpaired) electrons. The van der Waals surface area contributed by atoms with Crippen molar-refractivity contribution in [3.63, 3.8) is 0 Å². The minimum Gasteiger partial charge on any atom is -0.323 e. The second-order valence-electron chi connectivity index (χ2n) is 5.74. The average molecular weight is 403 g/mol. The summed E-state index contributed by atoms with van der Waals surface area (Å²) in [5.74, 6) is 0. The van der Waals surface area contributed by atoms with Gasteiger partial charge in [0.2, 0.25) is 0 Å². The second-order valence-corrected chi connectivity index (χ2v) is 8.32. The van der Waals surface area contributed by atoms with Crippen LogP contribution >= 0.6 is 11.3 Å². The number of nitrogens with one attached hydrogen (secondary N) is 2. The van der Waals surface area contributed by atoms with Crippen molar-refractivity contribution in [3.8, 4) is 0 Å². The Morgan fingerprint density at radius 2 is 1.93 bits per heavy atom. The molecule has 7 nitrogen and oxygen atoms in total. The van der Waals surface area contributed by atoms with Crippen LogP contribution in [-0.2, 0) is 16.6 Å². The highest BCUT2D eigenvalue weighted by Crippen LogP contribution is 2.20. The molecule has 0 fully saturated rings. The van der Waals surface area contributed by atoms with Gasteiger partial charge in [-0.2, -0.15) is 0 Å². The van der Waals surface area contributed by atoms with Crippen LogP contribution in [0.1, 0.15) is 5.56 Å². The standard InChI is InChI=1S/C18H18N4O3S2/c1-22(13-14-6-3-2-4-7-14)18(23)20-15-8-5-9-16(12-15)27(24,25)21-17-19-10-11-26-17/h2-12H,13H2,1H3,(H,19,21)(H,20,23). The first-order chi connectivity index (χ1) is 12.9. The normalized spacial score (nSPS) is 11.0. The lowest BCUT2D eigenvalue weighted by atomic mass is 10.2. The Balaban J connectivity index is 1.69. The predicted molar refractivity (Wildman–Crippen MR) is 106 cm³/mol. The Bertz CT molecular complexity index is 1010. The lowest BCUT2D eigenvalue weighted by molar-refractivity contribution is 0.220. The van der Waals surface area contributed by atoms with E-state index >= 15 is 0 Å². The molecule has 0 spiro atoms. The van der Waals surface area contributed by atoms with Crippen molar-refractivity contribution < 1.29 is 13.2 Å². The van der Waals surface area contributed by atoms with Gasteiger partial charge >= 0.3 is 6.03 Å². The SMILES string of the molecule is CN(Cc1ccccc1)C(=O)Nc1cccc(S(=O)(=O)Nc2nccs2)c1. The van der Waals surface area contributed by atoms with E-state index in [0.29, 0.717) is 12.2 Å². The highest BCUT2D eigenvalue weighted by molar-refractivity contribution is 7.93. The summed E-state index contributed by atoms with van der Waals surface area (Å²) in [4.78, 5) is 17.8. The van der Waals surface area contributed by atoms with Crippen molar-refractivity contribution >= 4 is 38.2 Å². The van der Waals surface area contributed by atoms with Crippen LogP contribution in [0.2, 0.25) is 0 Å². The third-order valence-corrected chi connectivity index (χ3v) is 5.81. The van der Waals surface area contributed by atoms with Crippen LogP contribution in [0.4, 0.5) is 15.6 Å². The topological polar surface area (TPSA) is 91.4 Å². The fourth-order valence-corrected chi connectivity index (χ4v) is 4.17. The molecule has 0 aliphatic rings. The van der Waals surface area contributed by atoms with Crippen molar-refractivity contribution in [2.24, 2.45) is 0 Å². The molecular weight excluding hydrogens is 384 g/mol. The zero-order valence-electron chi connectivity index (χ0n) is 14.5. The largest absolute Gasteiger partial charge is 0.323 e. The number of thiazole rings is 1. The van der Waals surface area contributed by atoms with E-state index in [1.807, 2.05) is 30.3 Å². The summed E-state index contributed by atoms with van der Waals surface area (Å²) in [6.45, 7) is 0.441. The first kappa shape index (κ1) is 18.9. The van der Waals surface area contributed by atoms with Crippen LogP contribution in [0.25, 0.3) is 0 Å². The number of anilines is 2. The van der Waals surface area contributed by atoms with Crippen LogP contribution in [0.15, 0.2) is 71.1 Å². The molecule has 9 heteroatoms. The Morgan fingerprint density at radius 3 is 2.63 bits per heavy atom. The molecule has 2 amide bonds. The van der Waals surface area contributed by atoms with Gasteiger partial charge in [-0.3, -0.25) is 4.72 Å². The number of urea groups is 1. The number of carbonyl (C=O) groups excluding carboxylic acids is 1. The molecule has 27 heavy (non-hydrogen) atoms. The zero-order valence-corrected chi connectivity index (χ0v) is 16.1. The van der Waals surface area contributed by atoms with Crippen molar-refractivity contribution in [2.75, 3.05) is 17.1 Å². The molecule has 1 aromatic heterocycles. The van der Waals surface area contributed by atoms with E-state index in [1.54, 1.807) is 24.6 Å². The summed E-state index contributed by atoms with van der Waals surface area (Å²) in [7, 11) is -2.10. The Hall–Kier alpha value is -2.91. The third kappa shape index (κ3) is 5.05. The maximum atomic E-state index is 12.4. The third-order valence-electron chi connectivity index (χ3n) is 3.66. The first-order valence-corrected chi connectivity index (χ1v) is 10.4. The van der Waals surface area contributed by atoms with Crippen LogP contribution in [0.5, 0.6) is 0 Å². The van der Waals surface area contributed by atoms with Gasteiger partial charge in [0.1, 0.15) is 0 Å². The van der Waals surface area contributed by atoms with Gasteiger partial charge in [-0.15, -0.1) is 11.3 Å². The molecule has 0 atom stereocenters. The highest BCUT2D eigenvalue weighted by Gasteiger charge is 2.17. The maximum absolute atomic E-state index is 12.4. The van der Waals surface area contributed by atoms with Gasteiger partial charge in [-0.1, -0.05) is 36.4 Å². The van der Waals surface area contributed by atoms with Crippen molar-refractivity contribution in [3.05, 3.63) is 71.7 Å². The van der Waals surface area contributed by atoms with Gasteiger partial charge in [0, 0.05) is 30.9 Å². The minimum atomic E-state index is -3.78. The summed E-state index contributed by atoms with van der Waals surface area (Å²) in [6, 6.07) is 15.3. The van der Waals surface area contributed by atoms with Crippen LogP contribution < -0.4 is 10.0 Å². The number of amides is 2. The van der Waals surface area contributed by atoms with E-state index in [2.05, 4.69) is 15.0 Å². The fraction of sp³-hybridized carbons (Fsp3) is 0.111. The van der Waals surface area contributed by atoms with E-state index in [1.165, 1.54) is 34.6 Å². The number of hydrogen-bond acceptors (Lipinski definition) is 5. The smallest absolute Gasteiger partial charge is 0.321 e. The average Bonchev–Trinajstić information content (AvgIpc) is 3.15. The zero-order chi connectivity index (χ0) is 19.3. The number of benzene rings is 2.